The largest absolute Gasteiger partial charge is 0.460 e. The molecule has 1 nitrogen and oxygen atoms in total. The molecule has 0 aromatic rings. The van der Waals surface area contributed by atoms with Crippen LogP contribution in [0.1, 0.15) is 39.5 Å². The molecule has 0 rings (SSSR count). The van der Waals surface area contributed by atoms with E-state index in [9.17, 15) is 57.1 Å². The molecule has 0 aliphatic rings. The summed E-state index contributed by atoms with van der Waals surface area (Å²) < 4.78 is 170. The van der Waals surface area contributed by atoms with E-state index in [1.165, 1.54) is 6.92 Å². The topological polar surface area (TPSA) is 12.0 Å². The molecule has 196 valence electrons. The van der Waals surface area contributed by atoms with Gasteiger partial charge in [0, 0.05) is 19.0 Å². The van der Waals surface area contributed by atoms with E-state index < -0.39 is 60.2 Å². The summed E-state index contributed by atoms with van der Waals surface area (Å²) >= 11 is 0. The number of allylic oxidation sites excluding steroid dienone is 2. The molecule has 0 aromatic carbocycles. The first kappa shape index (κ1) is 31.5. The van der Waals surface area contributed by atoms with Crippen LogP contribution in [0.4, 0.5) is 57.1 Å². The lowest BCUT2D eigenvalue weighted by atomic mass is 9.78. The van der Waals surface area contributed by atoms with Crippen LogP contribution in [0.5, 0.6) is 0 Å². The van der Waals surface area contributed by atoms with E-state index in [0.717, 1.165) is 0 Å². The van der Waals surface area contributed by atoms with Crippen LogP contribution in [0.15, 0.2) is 25.3 Å². The van der Waals surface area contributed by atoms with E-state index in [1.54, 1.807) is 19.1 Å². The van der Waals surface area contributed by atoms with Gasteiger partial charge in [0.2, 0.25) is 0 Å². The Morgan fingerprint density at radius 3 is 1.45 bits per heavy atom. The molecule has 1 atom stereocenters. The minimum atomic E-state index is -7.87. The molecular weight excluding hydrogens is 489 g/mol. The van der Waals surface area contributed by atoms with Gasteiger partial charge in [0.25, 0.3) is 0 Å². The molecule has 0 amide bonds. The normalized spacial score (nSPS) is 16.0. The summed E-state index contributed by atoms with van der Waals surface area (Å²) in [6, 6.07) is -0.698. The van der Waals surface area contributed by atoms with Crippen molar-refractivity contribution in [2.24, 2.45) is 5.41 Å². The molecule has 0 saturated carbocycles. The van der Waals surface area contributed by atoms with Crippen molar-refractivity contribution in [3.05, 3.63) is 25.3 Å². The second-order valence-electron chi connectivity index (χ2n) is 8.11. The molecule has 0 bridgehead atoms. The van der Waals surface area contributed by atoms with Crippen LogP contribution in [0.3, 0.4) is 0 Å². The summed E-state index contributed by atoms with van der Waals surface area (Å²) in [5.41, 5.74) is -0.499. The molecule has 14 heteroatoms. The highest BCUT2D eigenvalue weighted by Gasteiger charge is 2.90. The summed E-state index contributed by atoms with van der Waals surface area (Å²) in [5, 5.41) is 2.29. The lowest BCUT2D eigenvalue weighted by Gasteiger charge is -2.40. The van der Waals surface area contributed by atoms with E-state index in [0.29, 0.717) is 12.8 Å². The molecule has 1 N–H and O–H groups in total. The molecule has 0 heterocycles. The fraction of sp³-hybridized carbons (Fsp3) is 0.789. The minimum Gasteiger partial charge on any atom is -0.314 e. The van der Waals surface area contributed by atoms with Crippen LogP contribution in [0.25, 0.3) is 0 Å². The van der Waals surface area contributed by atoms with E-state index in [-0.39, 0.29) is 6.42 Å². The summed E-state index contributed by atoms with van der Waals surface area (Å²) in [5.74, 6) is -36.6. The fourth-order valence-electron chi connectivity index (χ4n) is 3.19. The van der Waals surface area contributed by atoms with Crippen LogP contribution in [0, 0.1) is 5.41 Å². The van der Waals surface area contributed by atoms with E-state index in [4.69, 9.17) is 0 Å². The summed E-state index contributed by atoms with van der Waals surface area (Å²) in [7, 11) is 0. The van der Waals surface area contributed by atoms with Gasteiger partial charge in [0.1, 0.15) is 0 Å². The van der Waals surface area contributed by atoms with Crippen molar-refractivity contribution in [1.82, 2.24) is 5.32 Å². The Morgan fingerprint density at radius 2 is 1.09 bits per heavy atom. The first-order valence-corrected chi connectivity index (χ1v) is 9.38. The number of hydrogen-bond acceptors (Lipinski definition) is 1. The lowest BCUT2D eigenvalue weighted by molar-refractivity contribution is -0.440. The maximum Gasteiger partial charge on any atom is 0.460 e. The maximum absolute atomic E-state index is 13.8. The predicted octanol–water partition coefficient (Wildman–Crippen LogP) is 7.64. The van der Waals surface area contributed by atoms with Gasteiger partial charge in [0.05, 0.1) is 0 Å². The molecule has 0 aromatic heterocycles. The van der Waals surface area contributed by atoms with Crippen LogP contribution in [-0.2, 0) is 0 Å². The van der Waals surface area contributed by atoms with Gasteiger partial charge in [-0.2, -0.15) is 57.1 Å². The third kappa shape index (κ3) is 6.16. The van der Waals surface area contributed by atoms with E-state index >= 15 is 0 Å². The zero-order valence-electron chi connectivity index (χ0n) is 17.6. The maximum atomic E-state index is 13.8. The first-order valence-electron chi connectivity index (χ1n) is 9.38. The summed E-state index contributed by atoms with van der Waals surface area (Å²) in [6.07, 6.45) is -5.51. The average molecular weight is 513 g/mol. The van der Waals surface area contributed by atoms with Crippen LogP contribution < -0.4 is 5.32 Å². The highest BCUT2D eigenvalue weighted by molar-refractivity contribution is 5.10. The molecule has 0 aliphatic heterocycles. The van der Waals surface area contributed by atoms with Crippen molar-refractivity contribution in [3.8, 4) is 0 Å². The highest BCUT2D eigenvalue weighted by atomic mass is 19.4. The van der Waals surface area contributed by atoms with Gasteiger partial charge in [-0.15, -0.1) is 13.2 Å². The number of nitrogens with one attached hydrogen (secondary N) is 1. The molecule has 1 unspecified atom stereocenters. The minimum absolute atomic E-state index is 0.221. The Morgan fingerprint density at radius 1 is 0.697 bits per heavy atom. The molecule has 0 spiro atoms. The Balaban J connectivity index is 5.55. The van der Waals surface area contributed by atoms with Gasteiger partial charge in [-0.3, -0.25) is 0 Å². The van der Waals surface area contributed by atoms with Gasteiger partial charge >= 0.3 is 35.8 Å². The molecule has 0 aliphatic carbocycles. The molecule has 33 heavy (non-hydrogen) atoms. The second kappa shape index (κ2) is 10.0. The number of alkyl halides is 13. The van der Waals surface area contributed by atoms with Crippen molar-refractivity contribution in [3.63, 3.8) is 0 Å². The van der Waals surface area contributed by atoms with Gasteiger partial charge in [0.15, 0.2) is 0 Å². The van der Waals surface area contributed by atoms with Gasteiger partial charge in [-0.25, -0.2) is 0 Å². The Labute approximate surface area is 182 Å². The molecule has 0 fully saturated rings. The van der Waals surface area contributed by atoms with Crippen molar-refractivity contribution in [1.29, 1.82) is 0 Å². The van der Waals surface area contributed by atoms with Crippen molar-refractivity contribution in [2.75, 3.05) is 6.54 Å². The van der Waals surface area contributed by atoms with Gasteiger partial charge < -0.3 is 5.32 Å². The van der Waals surface area contributed by atoms with Crippen LogP contribution in [0.2, 0.25) is 0 Å². The zero-order chi connectivity index (χ0) is 26.7. The van der Waals surface area contributed by atoms with E-state index in [1.807, 2.05) is 0 Å². The number of rotatable bonds is 14. The van der Waals surface area contributed by atoms with Crippen molar-refractivity contribution in [2.45, 2.75) is 81.4 Å². The summed E-state index contributed by atoms with van der Waals surface area (Å²) in [6.45, 7) is 9.07. The smallest absolute Gasteiger partial charge is 0.314 e. The van der Waals surface area contributed by atoms with Crippen molar-refractivity contribution < 1.29 is 57.1 Å². The molecular formula is C19H24F13N. The fourth-order valence-corrected chi connectivity index (χ4v) is 3.19. The highest BCUT2D eigenvalue weighted by Crippen LogP contribution is 2.60. The van der Waals surface area contributed by atoms with E-state index in [2.05, 4.69) is 18.5 Å². The summed E-state index contributed by atoms with van der Waals surface area (Å²) in [4.78, 5) is 0. The van der Waals surface area contributed by atoms with Gasteiger partial charge in [-0.1, -0.05) is 19.1 Å². The Bertz CT molecular complexity index is 657. The average Bonchev–Trinajstić information content (AvgIpc) is 2.59. The van der Waals surface area contributed by atoms with Crippen LogP contribution >= 0.6 is 0 Å². The SMILES string of the molecule is C=CCC(C)(CC=C)CC(C)NCCC(F)(F)C(F)(F)C(F)(F)C(F)(F)C(F)(F)C(F)(F)F. The number of halogens is 13. The lowest BCUT2D eigenvalue weighted by Crippen LogP contribution is -2.70. The quantitative estimate of drug-likeness (QED) is 0.186. The van der Waals surface area contributed by atoms with Crippen LogP contribution in [-0.4, -0.2) is 48.4 Å². The predicted molar refractivity (Wildman–Crippen MR) is 95.2 cm³/mol. The van der Waals surface area contributed by atoms with Crippen molar-refractivity contribution >= 4 is 0 Å². The second-order valence-corrected chi connectivity index (χ2v) is 8.11. The Hall–Kier alpha value is -1.47. The van der Waals surface area contributed by atoms with Gasteiger partial charge in [-0.05, 0) is 31.6 Å². The first-order chi connectivity index (χ1) is 14.5. The number of hydrogen-bond donors (Lipinski definition) is 1. The molecule has 0 saturated heterocycles. The Kier molecular flexibility index (Phi) is 9.58. The monoisotopic (exact) mass is 513 g/mol. The third-order valence-corrected chi connectivity index (χ3v) is 5.00. The third-order valence-electron chi connectivity index (χ3n) is 5.00. The standard InChI is InChI=1S/C19H24F13N/c1-5-7-13(4,8-6-2)11-12(3)33-10-9-14(20,21)15(22,23)16(24,25)17(26,27)18(28,29)19(30,31)32/h5-6,12,33H,1-2,7-11H2,3-4H3. The molecule has 0 radical (unpaired) electrons. The zero-order valence-corrected chi connectivity index (χ0v) is 17.6.